The van der Waals surface area contributed by atoms with Crippen LogP contribution in [0.1, 0.15) is 22.8 Å². The van der Waals surface area contributed by atoms with E-state index in [1.807, 2.05) is 49.4 Å². The molecule has 26 heavy (non-hydrogen) atoms. The Morgan fingerprint density at radius 2 is 1.73 bits per heavy atom. The van der Waals surface area contributed by atoms with Crippen LogP contribution in [0, 0.1) is 0 Å². The van der Waals surface area contributed by atoms with Gasteiger partial charge >= 0.3 is 5.97 Å². The van der Waals surface area contributed by atoms with Gasteiger partial charge in [0.25, 0.3) is 0 Å². The zero-order valence-corrected chi connectivity index (χ0v) is 15.8. The summed E-state index contributed by atoms with van der Waals surface area (Å²) in [7, 11) is 0. The summed E-state index contributed by atoms with van der Waals surface area (Å²) in [4.78, 5) is 12.6. The lowest BCUT2D eigenvalue weighted by Crippen LogP contribution is -2.37. The van der Waals surface area contributed by atoms with E-state index in [4.69, 9.17) is 33.7 Å². The number of hydrogen-bond acceptors (Lipinski definition) is 3. The van der Waals surface area contributed by atoms with Crippen LogP contribution in [0.3, 0.4) is 0 Å². The summed E-state index contributed by atoms with van der Waals surface area (Å²) in [5, 5.41) is 3.02. The third-order valence-corrected chi connectivity index (χ3v) is 4.99. The first-order valence-corrected chi connectivity index (χ1v) is 9.09. The molecule has 134 valence electrons. The Balaban J connectivity index is 1.77. The summed E-state index contributed by atoms with van der Waals surface area (Å²) in [5.41, 5.74) is 7.45. The molecule has 0 spiro atoms. The molecule has 3 aromatic carbocycles. The highest BCUT2D eigenvalue weighted by Crippen LogP contribution is 2.24. The van der Waals surface area contributed by atoms with Crippen LogP contribution in [0.25, 0.3) is 10.8 Å². The molecule has 0 saturated carbocycles. The van der Waals surface area contributed by atoms with Gasteiger partial charge in [-0.1, -0.05) is 59.6 Å². The lowest BCUT2D eigenvalue weighted by Gasteiger charge is -2.22. The molecule has 0 amide bonds. The van der Waals surface area contributed by atoms with Crippen molar-refractivity contribution in [3.8, 4) is 0 Å². The van der Waals surface area contributed by atoms with Gasteiger partial charge in [-0.25, -0.2) is 4.79 Å². The molecule has 0 saturated heterocycles. The van der Waals surface area contributed by atoms with E-state index in [1.54, 1.807) is 18.2 Å². The van der Waals surface area contributed by atoms with E-state index < -0.39 is 12.1 Å². The van der Waals surface area contributed by atoms with Crippen molar-refractivity contribution in [2.45, 2.75) is 25.5 Å². The van der Waals surface area contributed by atoms with E-state index in [2.05, 4.69) is 0 Å². The van der Waals surface area contributed by atoms with E-state index in [0.717, 1.165) is 16.3 Å². The van der Waals surface area contributed by atoms with E-state index in [0.29, 0.717) is 22.0 Å². The van der Waals surface area contributed by atoms with Gasteiger partial charge in [-0.05, 0) is 47.5 Å². The van der Waals surface area contributed by atoms with Gasteiger partial charge in [0.2, 0.25) is 0 Å². The van der Waals surface area contributed by atoms with Crippen molar-refractivity contribution in [3.63, 3.8) is 0 Å². The highest BCUT2D eigenvalue weighted by atomic mass is 35.5. The maximum Gasteiger partial charge on any atom is 0.338 e. The average molecular weight is 388 g/mol. The van der Waals surface area contributed by atoms with Crippen LogP contribution in [-0.4, -0.2) is 18.1 Å². The second-order valence-corrected chi connectivity index (χ2v) is 7.13. The summed E-state index contributed by atoms with van der Waals surface area (Å²) in [6, 6.07) is 18.4. The van der Waals surface area contributed by atoms with Crippen LogP contribution in [0.2, 0.25) is 10.0 Å². The molecular formula is C21H19Cl2NO2. The number of halogens is 2. The van der Waals surface area contributed by atoms with Crippen LogP contribution < -0.4 is 5.73 Å². The van der Waals surface area contributed by atoms with E-state index in [1.165, 1.54) is 0 Å². The van der Waals surface area contributed by atoms with E-state index in [9.17, 15) is 4.79 Å². The minimum atomic E-state index is -0.466. The molecule has 2 atom stereocenters. The number of benzene rings is 3. The van der Waals surface area contributed by atoms with Gasteiger partial charge in [-0.3, -0.25) is 0 Å². The van der Waals surface area contributed by atoms with Crippen LogP contribution >= 0.6 is 23.2 Å². The van der Waals surface area contributed by atoms with Gasteiger partial charge in [0.1, 0.15) is 6.10 Å². The number of nitrogens with two attached hydrogens (primary N) is 1. The quantitative estimate of drug-likeness (QED) is 0.607. The molecular weight excluding hydrogens is 369 g/mol. The SMILES string of the molecule is CC(N)C(Cc1ccc(Cl)c(Cl)c1)OC(=O)c1ccc2ccccc2c1. The summed E-state index contributed by atoms with van der Waals surface area (Å²) in [6.45, 7) is 1.82. The Kier molecular flexibility index (Phi) is 5.82. The predicted octanol–water partition coefficient (Wildman–Crippen LogP) is 5.26. The molecule has 0 aliphatic heterocycles. The van der Waals surface area contributed by atoms with Gasteiger partial charge in [0.05, 0.1) is 15.6 Å². The van der Waals surface area contributed by atoms with E-state index >= 15 is 0 Å². The average Bonchev–Trinajstić information content (AvgIpc) is 2.63. The highest BCUT2D eigenvalue weighted by molar-refractivity contribution is 6.42. The van der Waals surface area contributed by atoms with Crippen LogP contribution in [0.15, 0.2) is 60.7 Å². The number of fused-ring (bicyclic) bond motifs is 1. The summed E-state index contributed by atoms with van der Waals surface area (Å²) in [6.07, 6.45) is -0.000322. The Morgan fingerprint density at radius 3 is 2.42 bits per heavy atom. The molecule has 0 aromatic heterocycles. The normalized spacial score (nSPS) is 13.4. The Morgan fingerprint density at radius 1 is 1.00 bits per heavy atom. The predicted molar refractivity (Wildman–Crippen MR) is 107 cm³/mol. The lowest BCUT2D eigenvalue weighted by molar-refractivity contribution is 0.0253. The van der Waals surface area contributed by atoms with Crippen LogP contribution in [0.4, 0.5) is 0 Å². The molecule has 0 aliphatic carbocycles. The zero-order valence-electron chi connectivity index (χ0n) is 14.3. The van der Waals surface area contributed by atoms with Crippen molar-refractivity contribution in [1.82, 2.24) is 0 Å². The maximum atomic E-state index is 12.6. The molecule has 5 heteroatoms. The smallest absolute Gasteiger partial charge is 0.338 e. The summed E-state index contributed by atoms with van der Waals surface area (Å²) < 4.78 is 5.68. The molecule has 2 unspecified atom stereocenters. The topological polar surface area (TPSA) is 52.3 Å². The number of ether oxygens (including phenoxy) is 1. The molecule has 0 bridgehead atoms. The van der Waals surface area contributed by atoms with Crippen LogP contribution in [-0.2, 0) is 11.2 Å². The second kappa shape index (κ2) is 8.09. The van der Waals surface area contributed by atoms with Crippen molar-refractivity contribution >= 4 is 39.9 Å². The molecule has 2 N–H and O–H groups in total. The number of hydrogen-bond donors (Lipinski definition) is 1. The van der Waals surface area contributed by atoms with Gasteiger partial charge in [0, 0.05) is 12.5 Å². The molecule has 3 aromatic rings. The van der Waals surface area contributed by atoms with Gasteiger partial charge in [-0.15, -0.1) is 0 Å². The molecule has 0 heterocycles. The van der Waals surface area contributed by atoms with Gasteiger partial charge in [0.15, 0.2) is 0 Å². The van der Waals surface area contributed by atoms with Crippen molar-refractivity contribution in [3.05, 3.63) is 81.8 Å². The fourth-order valence-electron chi connectivity index (χ4n) is 2.76. The minimum Gasteiger partial charge on any atom is -0.457 e. The Bertz CT molecular complexity index is 940. The first-order chi connectivity index (χ1) is 12.4. The zero-order chi connectivity index (χ0) is 18.7. The molecule has 3 nitrogen and oxygen atoms in total. The number of rotatable bonds is 5. The van der Waals surface area contributed by atoms with E-state index in [-0.39, 0.29) is 6.04 Å². The Labute approximate surface area is 162 Å². The minimum absolute atomic E-state index is 0.325. The third-order valence-electron chi connectivity index (χ3n) is 4.25. The second-order valence-electron chi connectivity index (χ2n) is 6.32. The fourth-order valence-corrected chi connectivity index (χ4v) is 3.08. The van der Waals surface area contributed by atoms with Crippen molar-refractivity contribution in [2.24, 2.45) is 5.73 Å². The van der Waals surface area contributed by atoms with Gasteiger partial charge < -0.3 is 10.5 Å². The number of esters is 1. The molecule has 0 aliphatic rings. The molecule has 3 rings (SSSR count). The molecule has 0 fully saturated rings. The van der Waals surface area contributed by atoms with Gasteiger partial charge in [-0.2, -0.15) is 0 Å². The maximum absolute atomic E-state index is 12.6. The number of carbonyl (C=O) groups is 1. The molecule has 0 radical (unpaired) electrons. The number of carbonyl (C=O) groups excluding carboxylic acids is 1. The van der Waals surface area contributed by atoms with Crippen LogP contribution in [0.5, 0.6) is 0 Å². The highest BCUT2D eigenvalue weighted by Gasteiger charge is 2.21. The van der Waals surface area contributed by atoms with Crippen molar-refractivity contribution in [2.75, 3.05) is 0 Å². The first kappa shape index (κ1) is 18.7. The fraction of sp³-hybridized carbons (Fsp3) is 0.190. The summed E-state index contributed by atoms with van der Waals surface area (Å²) >= 11 is 12.0. The summed E-state index contributed by atoms with van der Waals surface area (Å²) in [5.74, 6) is -0.391. The lowest BCUT2D eigenvalue weighted by atomic mass is 10.0. The largest absolute Gasteiger partial charge is 0.457 e. The standard InChI is InChI=1S/C21H19Cl2NO2/c1-13(24)20(11-14-6-9-18(22)19(23)10-14)26-21(25)17-8-7-15-4-2-3-5-16(15)12-17/h2-10,12-13,20H,11,24H2,1H3. The monoisotopic (exact) mass is 387 g/mol. The first-order valence-electron chi connectivity index (χ1n) is 8.33. The van der Waals surface area contributed by atoms with Crippen molar-refractivity contribution < 1.29 is 9.53 Å². The third kappa shape index (κ3) is 4.36. The van der Waals surface area contributed by atoms with Crippen molar-refractivity contribution in [1.29, 1.82) is 0 Å². The Hall–Kier alpha value is -2.07.